The number of rotatable bonds is 2. The number of benzene rings is 1. The van der Waals surface area contributed by atoms with E-state index in [1.54, 1.807) is 28.9 Å². The van der Waals surface area contributed by atoms with Crippen LogP contribution in [0.5, 0.6) is 0 Å². The number of likely N-dealkylation sites (tertiary alicyclic amines) is 1. The Hall–Kier alpha value is -2.74. The van der Waals surface area contributed by atoms with Crippen molar-refractivity contribution in [2.24, 2.45) is 0 Å². The second-order valence-corrected chi connectivity index (χ2v) is 6.98. The van der Waals surface area contributed by atoms with Gasteiger partial charge in [-0.05, 0) is 38.0 Å². The molecule has 1 aromatic carbocycles. The molecule has 27 heavy (non-hydrogen) atoms. The fraction of sp³-hybridized carbons (Fsp3) is 0.421. The number of hydrogen-bond acceptors (Lipinski definition) is 5. The van der Waals surface area contributed by atoms with Crippen LogP contribution in [0.2, 0.25) is 0 Å². The molecule has 2 amide bonds. The Labute approximate surface area is 155 Å². The molecule has 2 saturated heterocycles. The van der Waals surface area contributed by atoms with Crippen LogP contribution in [-0.2, 0) is 9.53 Å². The first-order valence-corrected chi connectivity index (χ1v) is 8.87. The molecule has 2 aliphatic rings. The average Bonchev–Trinajstić information content (AvgIpc) is 3.10. The Morgan fingerprint density at radius 2 is 2.07 bits per heavy atom. The lowest BCUT2D eigenvalue weighted by Crippen LogP contribution is -2.59. The summed E-state index contributed by atoms with van der Waals surface area (Å²) in [6.07, 6.45) is 2.45. The smallest absolute Gasteiger partial charge is 0.276 e. The van der Waals surface area contributed by atoms with Crippen molar-refractivity contribution in [2.75, 3.05) is 31.1 Å². The number of carbonyl (C=O) groups excluding carboxylic acids is 2. The van der Waals surface area contributed by atoms with Gasteiger partial charge in [-0.25, -0.2) is 9.37 Å². The van der Waals surface area contributed by atoms with E-state index in [1.807, 2.05) is 0 Å². The SMILES string of the molecule is Cc1ocnc1C(=O)N1CCC2(CC1)CN(c1cccc(F)c1)C(=O)CO2. The van der Waals surface area contributed by atoms with E-state index in [0.717, 1.165) is 0 Å². The number of piperidine rings is 1. The lowest BCUT2D eigenvalue weighted by atomic mass is 9.89. The molecule has 7 nitrogen and oxygen atoms in total. The molecule has 0 radical (unpaired) electrons. The summed E-state index contributed by atoms with van der Waals surface area (Å²) >= 11 is 0. The van der Waals surface area contributed by atoms with E-state index >= 15 is 0 Å². The summed E-state index contributed by atoms with van der Waals surface area (Å²) < 4.78 is 24.6. The van der Waals surface area contributed by atoms with Crippen molar-refractivity contribution in [1.82, 2.24) is 9.88 Å². The van der Waals surface area contributed by atoms with E-state index in [4.69, 9.17) is 9.15 Å². The van der Waals surface area contributed by atoms with Crippen molar-refractivity contribution in [3.8, 4) is 0 Å². The Morgan fingerprint density at radius 3 is 2.74 bits per heavy atom. The molecule has 142 valence electrons. The molecule has 3 heterocycles. The standard InChI is InChI=1S/C19H20FN3O4/c1-13-17(21-12-26-13)18(25)22-7-5-19(6-8-22)11-23(16(24)10-27-19)15-4-2-3-14(20)9-15/h2-4,9,12H,5-8,10-11H2,1H3. The van der Waals surface area contributed by atoms with Crippen LogP contribution in [-0.4, -0.2) is 53.5 Å². The molecular weight excluding hydrogens is 353 g/mol. The molecule has 2 aromatic rings. The van der Waals surface area contributed by atoms with Crippen molar-refractivity contribution >= 4 is 17.5 Å². The molecule has 2 aliphatic heterocycles. The minimum absolute atomic E-state index is 0.0488. The van der Waals surface area contributed by atoms with Gasteiger partial charge in [0, 0.05) is 18.8 Å². The van der Waals surface area contributed by atoms with E-state index in [-0.39, 0.29) is 24.2 Å². The Bertz CT molecular complexity index is 873. The first kappa shape index (κ1) is 17.7. The molecule has 1 spiro atoms. The minimum Gasteiger partial charge on any atom is -0.448 e. The van der Waals surface area contributed by atoms with Crippen molar-refractivity contribution in [3.05, 3.63) is 47.9 Å². The van der Waals surface area contributed by atoms with Gasteiger partial charge in [-0.15, -0.1) is 0 Å². The monoisotopic (exact) mass is 373 g/mol. The molecule has 2 fully saturated rings. The van der Waals surface area contributed by atoms with Gasteiger partial charge in [-0.1, -0.05) is 6.07 Å². The summed E-state index contributed by atoms with van der Waals surface area (Å²) in [5.74, 6) is -0.241. The third-order valence-electron chi connectivity index (χ3n) is 5.28. The van der Waals surface area contributed by atoms with Crippen molar-refractivity contribution in [2.45, 2.75) is 25.4 Å². The van der Waals surface area contributed by atoms with Crippen molar-refractivity contribution in [1.29, 1.82) is 0 Å². The maximum absolute atomic E-state index is 13.6. The number of morpholine rings is 1. The lowest BCUT2D eigenvalue weighted by molar-refractivity contribution is -0.143. The van der Waals surface area contributed by atoms with Gasteiger partial charge in [0.05, 0.1) is 12.1 Å². The van der Waals surface area contributed by atoms with Crippen LogP contribution in [0.3, 0.4) is 0 Å². The van der Waals surface area contributed by atoms with Gasteiger partial charge < -0.3 is 19.0 Å². The maximum Gasteiger partial charge on any atom is 0.276 e. The first-order valence-electron chi connectivity index (χ1n) is 8.87. The van der Waals surface area contributed by atoms with Crippen LogP contribution in [0.25, 0.3) is 0 Å². The van der Waals surface area contributed by atoms with Gasteiger partial charge in [0.25, 0.3) is 11.8 Å². The largest absolute Gasteiger partial charge is 0.448 e. The van der Waals surface area contributed by atoms with Gasteiger partial charge in [0.1, 0.15) is 18.2 Å². The van der Waals surface area contributed by atoms with E-state index in [1.165, 1.54) is 18.5 Å². The first-order chi connectivity index (χ1) is 13.0. The van der Waals surface area contributed by atoms with E-state index < -0.39 is 5.60 Å². The Balaban J connectivity index is 1.47. The van der Waals surface area contributed by atoms with Gasteiger partial charge in [0.15, 0.2) is 12.1 Å². The van der Waals surface area contributed by atoms with Gasteiger partial charge in [-0.2, -0.15) is 0 Å². The second kappa shape index (κ2) is 6.77. The van der Waals surface area contributed by atoms with Crippen LogP contribution in [0.15, 0.2) is 35.1 Å². The number of aryl methyl sites for hydroxylation is 1. The van der Waals surface area contributed by atoms with Crippen LogP contribution in [0.1, 0.15) is 29.1 Å². The molecule has 8 heteroatoms. The van der Waals surface area contributed by atoms with E-state index in [9.17, 15) is 14.0 Å². The second-order valence-electron chi connectivity index (χ2n) is 6.98. The third-order valence-corrected chi connectivity index (χ3v) is 5.28. The van der Waals surface area contributed by atoms with Crippen molar-refractivity contribution < 1.29 is 23.1 Å². The number of halogens is 1. The minimum atomic E-state index is -0.532. The van der Waals surface area contributed by atoms with Gasteiger partial charge >= 0.3 is 0 Å². The molecule has 0 bridgehead atoms. The fourth-order valence-electron chi connectivity index (χ4n) is 3.67. The molecule has 0 saturated carbocycles. The molecule has 0 unspecified atom stereocenters. The Morgan fingerprint density at radius 1 is 1.30 bits per heavy atom. The number of ether oxygens (including phenoxy) is 1. The molecule has 0 atom stereocenters. The summed E-state index contributed by atoms with van der Waals surface area (Å²) in [6, 6.07) is 6.00. The fourth-order valence-corrected chi connectivity index (χ4v) is 3.67. The zero-order valence-corrected chi connectivity index (χ0v) is 15.0. The summed E-state index contributed by atoms with van der Waals surface area (Å²) in [5, 5.41) is 0. The summed E-state index contributed by atoms with van der Waals surface area (Å²) in [4.78, 5) is 32.2. The lowest BCUT2D eigenvalue weighted by Gasteiger charge is -2.46. The zero-order valence-electron chi connectivity index (χ0n) is 15.0. The van der Waals surface area contributed by atoms with Crippen molar-refractivity contribution in [3.63, 3.8) is 0 Å². The van der Waals surface area contributed by atoms with Crippen LogP contribution < -0.4 is 4.90 Å². The maximum atomic E-state index is 13.6. The number of hydrogen-bond donors (Lipinski definition) is 0. The highest BCUT2D eigenvalue weighted by Gasteiger charge is 2.43. The summed E-state index contributed by atoms with van der Waals surface area (Å²) in [6.45, 7) is 3.00. The predicted octanol–water partition coefficient (Wildman–Crippen LogP) is 2.16. The Kier molecular flexibility index (Phi) is 4.43. The molecule has 0 aliphatic carbocycles. The van der Waals surface area contributed by atoms with Gasteiger partial charge in [0.2, 0.25) is 0 Å². The quantitative estimate of drug-likeness (QED) is 0.806. The molecule has 1 aromatic heterocycles. The topological polar surface area (TPSA) is 75.9 Å². The molecular formula is C19H20FN3O4. The number of amides is 2. The normalized spacial score (nSPS) is 19.6. The van der Waals surface area contributed by atoms with Crippen LogP contribution in [0.4, 0.5) is 10.1 Å². The molecule has 4 rings (SSSR count). The number of aromatic nitrogens is 1. The van der Waals surface area contributed by atoms with E-state index in [0.29, 0.717) is 49.6 Å². The van der Waals surface area contributed by atoms with Crippen LogP contribution >= 0.6 is 0 Å². The highest BCUT2D eigenvalue weighted by atomic mass is 19.1. The number of carbonyl (C=O) groups is 2. The highest BCUT2D eigenvalue weighted by molar-refractivity contribution is 5.95. The summed E-state index contributed by atoms with van der Waals surface area (Å²) in [7, 11) is 0. The number of oxazole rings is 1. The zero-order chi connectivity index (χ0) is 19.0. The average molecular weight is 373 g/mol. The highest BCUT2D eigenvalue weighted by Crippen LogP contribution is 2.33. The summed E-state index contributed by atoms with van der Waals surface area (Å²) in [5.41, 5.74) is 0.321. The number of nitrogens with zero attached hydrogens (tertiary/aromatic N) is 3. The van der Waals surface area contributed by atoms with Crippen LogP contribution in [0, 0.1) is 12.7 Å². The number of anilines is 1. The van der Waals surface area contributed by atoms with E-state index in [2.05, 4.69) is 4.98 Å². The predicted molar refractivity (Wildman–Crippen MR) is 93.8 cm³/mol. The molecule has 0 N–H and O–H groups in total. The third kappa shape index (κ3) is 3.32. The van der Waals surface area contributed by atoms with Gasteiger partial charge in [-0.3, -0.25) is 9.59 Å².